The van der Waals surface area contributed by atoms with Crippen LogP contribution >= 0.6 is 0 Å². The van der Waals surface area contributed by atoms with Gasteiger partial charge in [0.25, 0.3) is 0 Å². The second-order valence-corrected chi connectivity index (χ2v) is 6.00. The largest absolute Gasteiger partial charge is 0.354 e. The number of carbonyl (C=O) groups is 1. The van der Waals surface area contributed by atoms with Crippen molar-refractivity contribution >= 4 is 5.91 Å². The molecule has 0 spiro atoms. The Morgan fingerprint density at radius 1 is 1.17 bits per heavy atom. The summed E-state index contributed by atoms with van der Waals surface area (Å²) in [6.45, 7) is 2.46. The van der Waals surface area contributed by atoms with Crippen molar-refractivity contribution in [2.24, 2.45) is 0 Å². The highest BCUT2D eigenvalue weighted by atomic mass is 19.1. The molecular formula is C19H23FN2O. The standard InChI is InChI=1S/C19H23FN2O/c1-14-7-9-15(10-8-14)11-19(23)21-13-18(22(2)3)16-5-4-6-17(20)12-16/h4-10,12,18H,11,13H2,1-3H3,(H,21,23). The zero-order valence-electron chi connectivity index (χ0n) is 13.8. The molecule has 0 fully saturated rings. The van der Waals surface area contributed by atoms with Crippen LogP contribution in [0.1, 0.15) is 22.7 Å². The van der Waals surface area contributed by atoms with Gasteiger partial charge in [0.1, 0.15) is 5.82 Å². The van der Waals surface area contributed by atoms with Gasteiger partial charge in [-0.1, -0.05) is 42.0 Å². The highest BCUT2D eigenvalue weighted by Gasteiger charge is 2.16. The van der Waals surface area contributed by atoms with Gasteiger partial charge in [-0.15, -0.1) is 0 Å². The number of hydrogen-bond acceptors (Lipinski definition) is 2. The van der Waals surface area contributed by atoms with Crippen LogP contribution in [0.4, 0.5) is 4.39 Å². The van der Waals surface area contributed by atoms with Crippen molar-refractivity contribution in [3.8, 4) is 0 Å². The normalized spacial score (nSPS) is 12.2. The van der Waals surface area contributed by atoms with Crippen molar-refractivity contribution in [3.05, 3.63) is 71.0 Å². The molecule has 2 aromatic carbocycles. The Morgan fingerprint density at radius 3 is 2.48 bits per heavy atom. The van der Waals surface area contributed by atoms with Gasteiger partial charge in [0.05, 0.1) is 12.5 Å². The Labute approximate surface area is 137 Å². The van der Waals surface area contributed by atoms with Crippen LogP contribution in [0.15, 0.2) is 48.5 Å². The Balaban J connectivity index is 1.96. The number of benzene rings is 2. The smallest absolute Gasteiger partial charge is 0.224 e. The van der Waals surface area contributed by atoms with Crippen LogP contribution in [-0.4, -0.2) is 31.4 Å². The minimum absolute atomic E-state index is 0.0305. The third kappa shape index (κ3) is 5.18. The fourth-order valence-electron chi connectivity index (χ4n) is 2.48. The average molecular weight is 314 g/mol. The number of carbonyl (C=O) groups excluding carboxylic acids is 1. The van der Waals surface area contributed by atoms with Crippen LogP contribution in [0.3, 0.4) is 0 Å². The van der Waals surface area contributed by atoms with Crippen LogP contribution in [0.2, 0.25) is 0 Å². The van der Waals surface area contributed by atoms with Crippen LogP contribution in [0, 0.1) is 12.7 Å². The third-order valence-corrected chi connectivity index (χ3v) is 3.83. The molecule has 0 saturated heterocycles. The zero-order valence-corrected chi connectivity index (χ0v) is 13.8. The second-order valence-electron chi connectivity index (χ2n) is 6.00. The van der Waals surface area contributed by atoms with E-state index < -0.39 is 0 Å². The first-order chi connectivity index (χ1) is 11.0. The van der Waals surface area contributed by atoms with Gasteiger partial charge in [0.15, 0.2) is 0 Å². The molecule has 0 bridgehead atoms. The van der Waals surface area contributed by atoms with E-state index in [-0.39, 0.29) is 17.8 Å². The fraction of sp³-hybridized carbons (Fsp3) is 0.316. The lowest BCUT2D eigenvalue weighted by molar-refractivity contribution is -0.120. The van der Waals surface area contributed by atoms with Gasteiger partial charge in [-0.05, 0) is 44.3 Å². The molecule has 2 aromatic rings. The lowest BCUT2D eigenvalue weighted by Gasteiger charge is -2.25. The first-order valence-corrected chi connectivity index (χ1v) is 7.70. The van der Waals surface area contributed by atoms with E-state index in [9.17, 15) is 9.18 Å². The summed E-state index contributed by atoms with van der Waals surface area (Å²) in [6.07, 6.45) is 0.351. The minimum Gasteiger partial charge on any atom is -0.354 e. The Bertz CT molecular complexity index is 653. The topological polar surface area (TPSA) is 32.3 Å². The molecule has 4 heteroatoms. The van der Waals surface area contributed by atoms with E-state index >= 15 is 0 Å². The summed E-state index contributed by atoms with van der Waals surface area (Å²) in [6, 6.07) is 14.4. The molecular weight excluding hydrogens is 291 g/mol. The van der Waals surface area contributed by atoms with Crippen molar-refractivity contribution in [2.45, 2.75) is 19.4 Å². The maximum Gasteiger partial charge on any atom is 0.224 e. The molecule has 122 valence electrons. The molecule has 0 aliphatic carbocycles. The quantitative estimate of drug-likeness (QED) is 0.888. The summed E-state index contributed by atoms with van der Waals surface area (Å²) in [7, 11) is 3.84. The lowest BCUT2D eigenvalue weighted by atomic mass is 10.1. The Kier molecular flexibility index (Phi) is 5.88. The van der Waals surface area contributed by atoms with Crippen molar-refractivity contribution in [1.82, 2.24) is 10.2 Å². The molecule has 0 radical (unpaired) electrons. The van der Waals surface area contributed by atoms with Crippen LogP contribution < -0.4 is 5.32 Å². The van der Waals surface area contributed by atoms with E-state index in [2.05, 4.69) is 5.32 Å². The summed E-state index contributed by atoms with van der Waals surface area (Å²) in [5.41, 5.74) is 3.01. The number of nitrogens with zero attached hydrogens (tertiary/aromatic N) is 1. The van der Waals surface area contributed by atoms with Crippen LogP contribution in [0.25, 0.3) is 0 Å². The van der Waals surface area contributed by atoms with E-state index in [1.165, 1.54) is 17.7 Å². The zero-order chi connectivity index (χ0) is 16.8. The summed E-state index contributed by atoms with van der Waals surface area (Å²) in [5.74, 6) is -0.294. The van der Waals surface area contributed by atoms with E-state index in [1.54, 1.807) is 6.07 Å². The maximum absolute atomic E-state index is 13.4. The second kappa shape index (κ2) is 7.88. The summed E-state index contributed by atoms with van der Waals surface area (Å²) >= 11 is 0. The number of aryl methyl sites for hydroxylation is 1. The van der Waals surface area contributed by atoms with Gasteiger partial charge in [-0.3, -0.25) is 4.79 Å². The summed E-state index contributed by atoms with van der Waals surface area (Å²) < 4.78 is 13.4. The molecule has 0 saturated carbocycles. The number of nitrogens with one attached hydrogen (secondary N) is 1. The van der Waals surface area contributed by atoms with Crippen molar-refractivity contribution < 1.29 is 9.18 Å². The lowest BCUT2D eigenvalue weighted by Crippen LogP contribution is -2.35. The molecule has 0 aliphatic heterocycles. The molecule has 0 aromatic heterocycles. The van der Waals surface area contributed by atoms with Crippen LogP contribution in [-0.2, 0) is 11.2 Å². The molecule has 1 atom stereocenters. The average Bonchev–Trinajstić information content (AvgIpc) is 2.49. The van der Waals surface area contributed by atoms with E-state index in [1.807, 2.05) is 56.3 Å². The minimum atomic E-state index is -0.264. The summed E-state index contributed by atoms with van der Waals surface area (Å²) in [4.78, 5) is 14.1. The van der Waals surface area contributed by atoms with Gasteiger partial charge < -0.3 is 10.2 Å². The molecule has 3 nitrogen and oxygen atoms in total. The van der Waals surface area contributed by atoms with Crippen LogP contribution in [0.5, 0.6) is 0 Å². The molecule has 2 rings (SSSR count). The highest BCUT2D eigenvalue weighted by molar-refractivity contribution is 5.78. The van der Waals surface area contributed by atoms with Gasteiger partial charge in [-0.2, -0.15) is 0 Å². The molecule has 23 heavy (non-hydrogen) atoms. The van der Waals surface area contributed by atoms with E-state index in [4.69, 9.17) is 0 Å². The van der Waals surface area contributed by atoms with Gasteiger partial charge >= 0.3 is 0 Å². The first-order valence-electron chi connectivity index (χ1n) is 7.70. The molecule has 0 aliphatic rings. The van der Waals surface area contributed by atoms with Crippen molar-refractivity contribution in [2.75, 3.05) is 20.6 Å². The number of amides is 1. The highest BCUT2D eigenvalue weighted by Crippen LogP contribution is 2.18. The fourth-order valence-corrected chi connectivity index (χ4v) is 2.48. The number of hydrogen-bond donors (Lipinski definition) is 1. The Morgan fingerprint density at radius 2 is 1.87 bits per heavy atom. The molecule has 0 heterocycles. The maximum atomic E-state index is 13.4. The van der Waals surface area contributed by atoms with Crippen molar-refractivity contribution in [3.63, 3.8) is 0 Å². The Hall–Kier alpha value is -2.20. The molecule has 1 unspecified atom stereocenters. The summed E-state index contributed by atoms with van der Waals surface area (Å²) in [5, 5.41) is 2.94. The first kappa shape index (κ1) is 17.2. The number of rotatable bonds is 6. The monoisotopic (exact) mass is 314 g/mol. The molecule has 1 amide bonds. The van der Waals surface area contributed by atoms with Gasteiger partial charge in [0.2, 0.25) is 5.91 Å². The van der Waals surface area contributed by atoms with Crippen molar-refractivity contribution in [1.29, 1.82) is 0 Å². The predicted octanol–water partition coefficient (Wildman–Crippen LogP) is 3.10. The molecule has 1 N–H and O–H groups in total. The number of likely N-dealkylation sites (N-methyl/N-ethyl adjacent to an activating group) is 1. The number of halogens is 1. The van der Waals surface area contributed by atoms with Gasteiger partial charge in [0, 0.05) is 6.54 Å². The van der Waals surface area contributed by atoms with Gasteiger partial charge in [-0.25, -0.2) is 4.39 Å². The third-order valence-electron chi connectivity index (χ3n) is 3.83. The van der Waals surface area contributed by atoms with E-state index in [0.29, 0.717) is 13.0 Å². The SMILES string of the molecule is Cc1ccc(CC(=O)NCC(c2cccc(F)c2)N(C)C)cc1. The predicted molar refractivity (Wildman–Crippen MR) is 90.7 cm³/mol. The van der Waals surface area contributed by atoms with E-state index in [0.717, 1.165) is 11.1 Å².